The van der Waals surface area contributed by atoms with E-state index < -0.39 is 0 Å². The fourth-order valence-electron chi connectivity index (χ4n) is 2.83. The van der Waals surface area contributed by atoms with E-state index in [1.807, 2.05) is 12.1 Å². The highest BCUT2D eigenvalue weighted by atomic mass is 35.5. The summed E-state index contributed by atoms with van der Waals surface area (Å²) in [5.41, 5.74) is 1.71. The highest BCUT2D eigenvalue weighted by Gasteiger charge is 2.46. The third kappa shape index (κ3) is 2.57. The van der Waals surface area contributed by atoms with Crippen LogP contribution >= 0.6 is 11.6 Å². The summed E-state index contributed by atoms with van der Waals surface area (Å²) in [4.78, 5) is 0. The Kier molecular flexibility index (Phi) is 3.75. The van der Waals surface area contributed by atoms with Crippen LogP contribution in [0.5, 0.6) is 0 Å². The Labute approximate surface area is 116 Å². The Morgan fingerprint density at radius 2 is 2.00 bits per heavy atom. The SMILES string of the molecule is CC1CCC1(CNC(C)(C)C)c1ccccc1Cl. The van der Waals surface area contributed by atoms with Crippen molar-refractivity contribution >= 4 is 11.6 Å². The van der Waals surface area contributed by atoms with Crippen LogP contribution < -0.4 is 5.32 Å². The summed E-state index contributed by atoms with van der Waals surface area (Å²) in [5, 5.41) is 4.58. The van der Waals surface area contributed by atoms with E-state index in [1.54, 1.807) is 0 Å². The van der Waals surface area contributed by atoms with Crippen molar-refractivity contribution in [2.24, 2.45) is 5.92 Å². The van der Waals surface area contributed by atoms with Crippen molar-refractivity contribution in [3.05, 3.63) is 34.9 Å². The normalized spacial score (nSPS) is 27.9. The molecule has 0 amide bonds. The Hall–Kier alpha value is -0.530. The van der Waals surface area contributed by atoms with Gasteiger partial charge in [0.1, 0.15) is 0 Å². The fourth-order valence-corrected chi connectivity index (χ4v) is 3.15. The van der Waals surface area contributed by atoms with Gasteiger partial charge in [-0.1, -0.05) is 36.7 Å². The van der Waals surface area contributed by atoms with Crippen LogP contribution in [0.1, 0.15) is 46.1 Å². The molecule has 18 heavy (non-hydrogen) atoms. The van der Waals surface area contributed by atoms with E-state index >= 15 is 0 Å². The molecule has 0 bridgehead atoms. The first-order valence-corrected chi connectivity index (χ1v) is 7.23. The van der Waals surface area contributed by atoms with Crippen LogP contribution in [0.4, 0.5) is 0 Å². The van der Waals surface area contributed by atoms with Crippen LogP contribution in [-0.2, 0) is 5.41 Å². The van der Waals surface area contributed by atoms with Gasteiger partial charge in [0.25, 0.3) is 0 Å². The molecule has 2 heteroatoms. The van der Waals surface area contributed by atoms with Crippen LogP contribution in [0.25, 0.3) is 0 Å². The lowest BCUT2D eigenvalue weighted by Gasteiger charge is -2.50. The van der Waals surface area contributed by atoms with Crippen LogP contribution in [-0.4, -0.2) is 12.1 Å². The molecule has 0 saturated heterocycles. The highest BCUT2D eigenvalue weighted by molar-refractivity contribution is 6.31. The molecule has 2 rings (SSSR count). The molecule has 1 aromatic carbocycles. The summed E-state index contributed by atoms with van der Waals surface area (Å²) in [6.07, 6.45) is 2.54. The zero-order valence-electron chi connectivity index (χ0n) is 11.9. The van der Waals surface area contributed by atoms with Gasteiger partial charge in [-0.25, -0.2) is 0 Å². The van der Waals surface area contributed by atoms with Gasteiger partial charge < -0.3 is 5.32 Å². The molecule has 0 aromatic heterocycles. The van der Waals surface area contributed by atoms with E-state index in [1.165, 1.54) is 18.4 Å². The predicted octanol–water partition coefficient (Wildman–Crippen LogP) is 4.40. The molecule has 1 aromatic rings. The minimum atomic E-state index is 0.156. The summed E-state index contributed by atoms with van der Waals surface area (Å²) in [7, 11) is 0. The standard InChI is InChI=1S/C16H24ClN/c1-12-9-10-16(12,11-18-15(2,3)4)13-7-5-6-8-14(13)17/h5-8,12,18H,9-11H2,1-4H3. The number of benzene rings is 1. The van der Waals surface area contributed by atoms with Gasteiger partial charge in [0.2, 0.25) is 0 Å². The molecule has 0 aliphatic heterocycles. The van der Waals surface area contributed by atoms with Crippen molar-refractivity contribution in [3.63, 3.8) is 0 Å². The minimum Gasteiger partial charge on any atom is -0.311 e. The first kappa shape index (κ1) is 13.9. The first-order valence-electron chi connectivity index (χ1n) is 6.85. The van der Waals surface area contributed by atoms with Gasteiger partial charge in [-0.2, -0.15) is 0 Å². The molecular formula is C16H24ClN. The summed E-state index contributed by atoms with van der Waals surface area (Å²) in [5.74, 6) is 0.701. The maximum absolute atomic E-state index is 6.41. The van der Waals surface area contributed by atoms with Gasteiger partial charge in [0, 0.05) is 22.5 Å². The molecule has 0 spiro atoms. The lowest BCUT2D eigenvalue weighted by molar-refractivity contribution is 0.124. The van der Waals surface area contributed by atoms with Gasteiger partial charge in [0.05, 0.1) is 0 Å². The molecule has 100 valence electrons. The van der Waals surface area contributed by atoms with Crippen molar-refractivity contribution in [1.29, 1.82) is 0 Å². The van der Waals surface area contributed by atoms with Crippen molar-refractivity contribution in [2.75, 3.05) is 6.54 Å². The monoisotopic (exact) mass is 265 g/mol. The van der Waals surface area contributed by atoms with Gasteiger partial charge in [-0.05, 0) is 51.2 Å². The second kappa shape index (κ2) is 4.86. The highest BCUT2D eigenvalue weighted by Crippen LogP contribution is 2.50. The number of hydrogen-bond donors (Lipinski definition) is 1. The molecular weight excluding hydrogens is 242 g/mol. The third-order valence-corrected chi connectivity index (χ3v) is 4.64. The lowest BCUT2D eigenvalue weighted by Crippen LogP contribution is -2.54. The molecule has 1 fully saturated rings. The van der Waals surface area contributed by atoms with Gasteiger partial charge in [-0.15, -0.1) is 0 Å². The maximum Gasteiger partial charge on any atom is 0.0444 e. The van der Waals surface area contributed by atoms with E-state index in [0.29, 0.717) is 5.92 Å². The molecule has 0 heterocycles. The number of halogens is 1. The average molecular weight is 266 g/mol. The van der Waals surface area contributed by atoms with E-state index in [2.05, 4.69) is 45.1 Å². The van der Waals surface area contributed by atoms with Crippen LogP contribution in [0.3, 0.4) is 0 Å². The summed E-state index contributed by atoms with van der Waals surface area (Å²) in [6.45, 7) is 10.0. The molecule has 0 radical (unpaired) electrons. The minimum absolute atomic E-state index is 0.156. The quantitative estimate of drug-likeness (QED) is 0.854. The van der Waals surface area contributed by atoms with Crippen LogP contribution in [0.2, 0.25) is 5.02 Å². The van der Waals surface area contributed by atoms with Crippen LogP contribution in [0, 0.1) is 5.92 Å². The summed E-state index contributed by atoms with van der Waals surface area (Å²) in [6, 6.07) is 8.33. The number of nitrogens with one attached hydrogen (secondary N) is 1. The zero-order chi connectivity index (χ0) is 13.4. The predicted molar refractivity (Wildman–Crippen MR) is 79.3 cm³/mol. The van der Waals surface area contributed by atoms with E-state index in [4.69, 9.17) is 11.6 Å². The van der Waals surface area contributed by atoms with E-state index in [-0.39, 0.29) is 11.0 Å². The molecule has 1 nitrogen and oxygen atoms in total. The van der Waals surface area contributed by atoms with E-state index in [9.17, 15) is 0 Å². The second-order valence-electron chi connectivity index (χ2n) is 6.68. The van der Waals surface area contributed by atoms with Gasteiger partial charge in [0.15, 0.2) is 0 Å². The second-order valence-corrected chi connectivity index (χ2v) is 7.09. The molecule has 1 N–H and O–H groups in total. The molecule has 2 unspecified atom stereocenters. The molecule has 1 aliphatic rings. The third-order valence-electron chi connectivity index (χ3n) is 4.31. The Balaban J connectivity index is 2.26. The number of rotatable bonds is 3. The molecule has 1 aliphatic carbocycles. The van der Waals surface area contributed by atoms with Gasteiger partial charge in [-0.3, -0.25) is 0 Å². The van der Waals surface area contributed by atoms with E-state index in [0.717, 1.165) is 11.6 Å². The van der Waals surface area contributed by atoms with Gasteiger partial charge >= 0.3 is 0 Å². The van der Waals surface area contributed by atoms with Crippen molar-refractivity contribution < 1.29 is 0 Å². The smallest absolute Gasteiger partial charge is 0.0444 e. The average Bonchev–Trinajstić information content (AvgIpc) is 2.28. The zero-order valence-corrected chi connectivity index (χ0v) is 12.6. The Bertz CT molecular complexity index is 421. The Morgan fingerprint density at radius 1 is 1.33 bits per heavy atom. The Morgan fingerprint density at radius 3 is 2.44 bits per heavy atom. The van der Waals surface area contributed by atoms with Crippen LogP contribution in [0.15, 0.2) is 24.3 Å². The van der Waals surface area contributed by atoms with Crippen molar-refractivity contribution in [1.82, 2.24) is 5.32 Å². The maximum atomic E-state index is 6.41. The fraction of sp³-hybridized carbons (Fsp3) is 0.625. The number of hydrogen-bond acceptors (Lipinski definition) is 1. The lowest BCUT2D eigenvalue weighted by atomic mass is 9.57. The summed E-state index contributed by atoms with van der Waals surface area (Å²) < 4.78 is 0. The van der Waals surface area contributed by atoms with Crippen molar-refractivity contribution in [2.45, 2.75) is 51.5 Å². The molecule has 1 saturated carbocycles. The summed E-state index contributed by atoms with van der Waals surface area (Å²) >= 11 is 6.41. The van der Waals surface area contributed by atoms with Crippen molar-refractivity contribution in [3.8, 4) is 0 Å². The molecule has 2 atom stereocenters. The first-order chi connectivity index (χ1) is 8.35. The topological polar surface area (TPSA) is 12.0 Å². The largest absolute Gasteiger partial charge is 0.311 e.